The number of rotatable bonds is 8. The number of anilines is 1. The van der Waals surface area contributed by atoms with Crippen molar-refractivity contribution in [3.05, 3.63) is 51.3 Å². The van der Waals surface area contributed by atoms with Crippen LogP contribution in [-0.4, -0.2) is 37.6 Å². The Morgan fingerprint density at radius 3 is 2.19 bits per heavy atom. The Kier molecular flexibility index (Phi) is 8.16. The maximum absolute atomic E-state index is 14.0. The average Bonchev–Trinajstić information content (AvgIpc) is 3.31. The number of fused-ring (bicyclic) bond motifs is 1. The number of halogens is 1. The molecule has 1 saturated heterocycles. The Morgan fingerprint density at radius 1 is 1.00 bits per heavy atom. The molecule has 2 heterocycles. The molecule has 0 radical (unpaired) electrons. The normalized spacial score (nSPS) is 16.4. The first-order valence-corrected chi connectivity index (χ1v) is 15.0. The lowest BCUT2D eigenvalue weighted by Crippen LogP contribution is -2.19. The van der Waals surface area contributed by atoms with E-state index in [1.165, 1.54) is 0 Å². The SMILES string of the molecule is Cc1nc(OS(=O)(=O)c2c(C(C)C)cc(C(C)C)cc2C(C)C)c2cc(N[C@H]3CCOC3)c(Br)cc2n1. The third-order valence-electron chi connectivity index (χ3n) is 6.67. The molecular weight excluding hydrogens is 554 g/mol. The summed E-state index contributed by atoms with van der Waals surface area (Å²) in [5, 5.41) is 3.99. The van der Waals surface area contributed by atoms with Gasteiger partial charge in [-0.3, -0.25) is 0 Å². The molecule has 0 unspecified atom stereocenters. The molecule has 1 aliphatic heterocycles. The quantitative estimate of drug-likeness (QED) is 0.282. The lowest BCUT2D eigenvalue weighted by atomic mass is 9.89. The van der Waals surface area contributed by atoms with Gasteiger partial charge in [-0.2, -0.15) is 13.4 Å². The average molecular weight is 591 g/mol. The second kappa shape index (κ2) is 10.9. The van der Waals surface area contributed by atoms with Crippen LogP contribution < -0.4 is 9.50 Å². The van der Waals surface area contributed by atoms with Crippen LogP contribution in [0, 0.1) is 6.92 Å². The first-order chi connectivity index (χ1) is 17.4. The number of nitrogens with one attached hydrogen (secondary N) is 1. The van der Waals surface area contributed by atoms with Crippen LogP contribution in [-0.2, 0) is 14.9 Å². The second-order valence-electron chi connectivity index (χ2n) is 10.7. The number of hydrogen-bond donors (Lipinski definition) is 1. The molecule has 2 aromatic carbocycles. The van der Waals surface area contributed by atoms with Crippen molar-refractivity contribution in [1.29, 1.82) is 0 Å². The summed E-state index contributed by atoms with van der Waals surface area (Å²) in [7, 11) is -4.20. The fourth-order valence-electron chi connectivity index (χ4n) is 4.60. The Hall–Kier alpha value is -2.23. The number of nitrogens with zero attached hydrogens (tertiary/aromatic N) is 2. The number of aromatic nitrogens is 2. The molecule has 3 aromatic rings. The summed E-state index contributed by atoms with van der Waals surface area (Å²) in [6, 6.07) is 7.89. The molecule has 4 rings (SSSR count). The predicted octanol–water partition coefficient (Wildman–Crippen LogP) is 7.04. The van der Waals surface area contributed by atoms with Crippen LogP contribution in [0.5, 0.6) is 5.88 Å². The molecule has 200 valence electrons. The Labute approximate surface area is 228 Å². The molecule has 1 aliphatic rings. The van der Waals surface area contributed by atoms with Gasteiger partial charge in [0.15, 0.2) is 0 Å². The third-order valence-corrected chi connectivity index (χ3v) is 8.67. The molecule has 1 N–H and O–H groups in total. The summed E-state index contributed by atoms with van der Waals surface area (Å²) in [4.78, 5) is 9.20. The van der Waals surface area contributed by atoms with Crippen molar-refractivity contribution < 1.29 is 17.3 Å². The van der Waals surface area contributed by atoms with Gasteiger partial charge in [0.2, 0.25) is 5.88 Å². The van der Waals surface area contributed by atoms with E-state index >= 15 is 0 Å². The van der Waals surface area contributed by atoms with Crippen LogP contribution >= 0.6 is 15.9 Å². The van der Waals surface area contributed by atoms with Crippen LogP contribution in [0.3, 0.4) is 0 Å². The maximum Gasteiger partial charge on any atom is 0.341 e. The van der Waals surface area contributed by atoms with E-state index in [2.05, 4.69) is 45.1 Å². The minimum atomic E-state index is -4.20. The lowest BCUT2D eigenvalue weighted by molar-refractivity contribution is 0.195. The second-order valence-corrected chi connectivity index (χ2v) is 13.0. The van der Waals surface area contributed by atoms with E-state index in [9.17, 15) is 8.42 Å². The predicted molar refractivity (Wildman–Crippen MR) is 151 cm³/mol. The zero-order chi connectivity index (χ0) is 27.1. The number of hydrogen-bond acceptors (Lipinski definition) is 7. The molecule has 9 heteroatoms. The Bertz CT molecular complexity index is 1390. The highest BCUT2D eigenvalue weighted by Crippen LogP contribution is 2.38. The minimum Gasteiger partial charge on any atom is -0.379 e. The van der Waals surface area contributed by atoms with E-state index < -0.39 is 10.1 Å². The molecule has 1 aromatic heterocycles. The van der Waals surface area contributed by atoms with E-state index in [1.54, 1.807) is 6.92 Å². The van der Waals surface area contributed by atoms with Gasteiger partial charge in [0.1, 0.15) is 10.7 Å². The Balaban J connectivity index is 1.85. The van der Waals surface area contributed by atoms with E-state index in [1.807, 2.05) is 52.0 Å². The number of benzene rings is 2. The molecule has 37 heavy (non-hydrogen) atoms. The van der Waals surface area contributed by atoms with Gasteiger partial charge in [-0.1, -0.05) is 53.7 Å². The molecule has 0 amide bonds. The standard InChI is InChI=1S/C28H36BrN3O4S/c1-15(2)19-10-21(16(3)4)27(22(11-19)17(5)6)37(33,34)36-28-23-12-26(32-20-8-9-35-14-20)24(29)13-25(23)30-18(7)31-28/h10-13,15-17,20,32H,8-9,14H2,1-7H3/t20-/m0/s1. The van der Waals surface area contributed by atoms with Gasteiger partial charge in [0, 0.05) is 16.8 Å². The summed E-state index contributed by atoms with van der Waals surface area (Å²) in [6.07, 6.45) is 0.898. The maximum atomic E-state index is 14.0. The van der Waals surface area contributed by atoms with Crippen molar-refractivity contribution in [2.75, 3.05) is 18.5 Å². The Morgan fingerprint density at radius 2 is 1.65 bits per heavy atom. The smallest absolute Gasteiger partial charge is 0.341 e. The highest BCUT2D eigenvalue weighted by Gasteiger charge is 2.30. The van der Waals surface area contributed by atoms with Gasteiger partial charge in [0.25, 0.3) is 0 Å². The molecule has 0 spiro atoms. The highest BCUT2D eigenvalue weighted by atomic mass is 79.9. The van der Waals surface area contributed by atoms with Gasteiger partial charge in [-0.05, 0) is 75.9 Å². The zero-order valence-corrected chi connectivity index (χ0v) is 25.0. The summed E-state index contributed by atoms with van der Waals surface area (Å²) >= 11 is 3.62. The van der Waals surface area contributed by atoms with E-state index in [0.29, 0.717) is 29.9 Å². The van der Waals surface area contributed by atoms with Crippen LogP contribution in [0.2, 0.25) is 0 Å². The van der Waals surface area contributed by atoms with Crippen molar-refractivity contribution >= 4 is 42.6 Å². The van der Waals surface area contributed by atoms with Crippen LogP contribution in [0.4, 0.5) is 5.69 Å². The molecular formula is C28H36BrN3O4S. The first kappa shape index (κ1) is 27.8. The summed E-state index contributed by atoms with van der Waals surface area (Å²) < 4.78 is 40.2. The molecule has 0 aliphatic carbocycles. The monoisotopic (exact) mass is 589 g/mol. The molecule has 1 fully saturated rings. The molecule has 0 bridgehead atoms. The van der Waals surface area contributed by atoms with Crippen LogP contribution in [0.25, 0.3) is 10.9 Å². The van der Waals surface area contributed by atoms with Gasteiger partial charge < -0.3 is 14.2 Å². The van der Waals surface area contributed by atoms with E-state index in [0.717, 1.165) is 33.3 Å². The largest absolute Gasteiger partial charge is 0.379 e. The van der Waals surface area contributed by atoms with Crippen LogP contribution in [0.1, 0.15) is 88.2 Å². The topological polar surface area (TPSA) is 90.4 Å². The number of aryl methyl sites for hydroxylation is 1. The molecule has 1 atom stereocenters. The van der Waals surface area contributed by atoms with E-state index in [-0.39, 0.29) is 34.6 Å². The fraction of sp³-hybridized carbons (Fsp3) is 0.500. The lowest BCUT2D eigenvalue weighted by Gasteiger charge is -2.22. The van der Waals surface area contributed by atoms with E-state index in [4.69, 9.17) is 8.92 Å². The van der Waals surface area contributed by atoms with Crippen molar-refractivity contribution in [2.45, 2.75) is 83.6 Å². The minimum absolute atomic E-state index is 0.00570. The first-order valence-electron chi connectivity index (χ1n) is 12.8. The van der Waals surface area contributed by atoms with Gasteiger partial charge in [-0.15, -0.1) is 0 Å². The van der Waals surface area contributed by atoms with Crippen molar-refractivity contribution in [2.24, 2.45) is 0 Å². The summed E-state index contributed by atoms with van der Waals surface area (Å²) in [5.74, 6) is 0.717. The number of ether oxygens (including phenoxy) is 1. The van der Waals surface area contributed by atoms with Gasteiger partial charge in [0.05, 0.1) is 23.6 Å². The summed E-state index contributed by atoms with van der Waals surface area (Å²) in [6.45, 7) is 15.3. The highest BCUT2D eigenvalue weighted by molar-refractivity contribution is 9.10. The van der Waals surface area contributed by atoms with Gasteiger partial charge in [-0.25, -0.2) is 4.98 Å². The zero-order valence-electron chi connectivity index (χ0n) is 22.6. The third kappa shape index (κ3) is 5.94. The van der Waals surface area contributed by atoms with Crippen molar-refractivity contribution in [1.82, 2.24) is 9.97 Å². The molecule has 7 nitrogen and oxygen atoms in total. The van der Waals surface area contributed by atoms with Crippen molar-refractivity contribution in [3.63, 3.8) is 0 Å². The molecule has 0 saturated carbocycles. The fourth-order valence-corrected chi connectivity index (χ4v) is 6.63. The van der Waals surface area contributed by atoms with Gasteiger partial charge >= 0.3 is 10.1 Å². The summed E-state index contributed by atoms with van der Waals surface area (Å²) in [5.41, 5.74) is 4.05. The van der Waals surface area contributed by atoms with Crippen molar-refractivity contribution in [3.8, 4) is 5.88 Å². The van der Waals surface area contributed by atoms with Crippen LogP contribution in [0.15, 0.2) is 33.6 Å².